The number of carbonyl (C=O) groups excluding carboxylic acids is 1. The Hall–Kier alpha value is -3.35. The Morgan fingerprint density at radius 3 is 2.54 bits per heavy atom. The molecular weight excluding hydrogens is 438 g/mol. The van der Waals surface area contributed by atoms with E-state index in [2.05, 4.69) is 34.5 Å². The molecular formula is C29H33N3O3. The van der Waals surface area contributed by atoms with E-state index in [-0.39, 0.29) is 18.8 Å². The van der Waals surface area contributed by atoms with Crippen LogP contribution in [0.3, 0.4) is 0 Å². The number of hydrogen-bond donors (Lipinski definition) is 2. The van der Waals surface area contributed by atoms with Gasteiger partial charge in [-0.1, -0.05) is 54.6 Å². The molecule has 3 atom stereocenters. The zero-order valence-corrected chi connectivity index (χ0v) is 19.9. The molecule has 0 aromatic heterocycles. The quantitative estimate of drug-likeness (QED) is 0.511. The summed E-state index contributed by atoms with van der Waals surface area (Å²) in [5, 5.41) is 2.79. The molecule has 1 amide bonds. The first-order valence-electron chi connectivity index (χ1n) is 12.5. The zero-order valence-electron chi connectivity index (χ0n) is 19.9. The summed E-state index contributed by atoms with van der Waals surface area (Å²) in [6, 6.07) is 26.2. The summed E-state index contributed by atoms with van der Waals surface area (Å²) in [5.74, 6) is 0.779. The minimum absolute atomic E-state index is 0.0557. The number of nitrogens with one attached hydrogen (secondary N) is 1. The highest BCUT2D eigenvalue weighted by atomic mass is 16.5. The second-order valence-electron chi connectivity index (χ2n) is 9.45. The SMILES string of the molecule is N[C@H]1CCCN([C@H]2CCc3ccccc3[C@@H]2Oc2ccc(NC(=O)OCc3ccccc3)cc2)C1. The van der Waals surface area contributed by atoms with E-state index in [0.29, 0.717) is 11.7 Å². The van der Waals surface area contributed by atoms with Crippen molar-refractivity contribution in [1.29, 1.82) is 0 Å². The van der Waals surface area contributed by atoms with Crippen LogP contribution in [0, 0.1) is 0 Å². The standard InChI is InChI=1S/C29H33N3O3/c30-23-10-6-18-32(19-23)27-17-12-22-9-4-5-11-26(22)28(27)35-25-15-13-24(14-16-25)31-29(33)34-20-21-7-2-1-3-8-21/h1-5,7-9,11,13-16,23,27-28H,6,10,12,17-20,30H2,(H,31,33)/t23-,27-,28-/m0/s1. The average Bonchev–Trinajstić information content (AvgIpc) is 2.89. The lowest BCUT2D eigenvalue weighted by molar-refractivity contribution is 0.0367. The van der Waals surface area contributed by atoms with Crippen molar-refractivity contribution >= 4 is 11.8 Å². The number of hydrogen-bond acceptors (Lipinski definition) is 5. The fourth-order valence-electron chi connectivity index (χ4n) is 5.20. The van der Waals surface area contributed by atoms with Crippen molar-refractivity contribution in [3.8, 4) is 5.75 Å². The molecule has 1 aliphatic carbocycles. The topological polar surface area (TPSA) is 76.8 Å². The smallest absolute Gasteiger partial charge is 0.411 e. The van der Waals surface area contributed by atoms with Gasteiger partial charge in [-0.3, -0.25) is 10.2 Å². The maximum Gasteiger partial charge on any atom is 0.411 e. The Kier molecular flexibility index (Phi) is 7.31. The summed E-state index contributed by atoms with van der Waals surface area (Å²) in [4.78, 5) is 14.7. The van der Waals surface area contributed by atoms with E-state index in [9.17, 15) is 4.79 Å². The number of piperidine rings is 1. The first-order chi connectivity index (χ1) is 17.2. The first kappa shape index (κ1) is 23.4. The zero-order chi connectivity index (χ0) is 24.0. The van der Waals surface area contributed by atoms with Gasteiger partial charge in [-0.15, -0.1) is 0 Å². The summed E-state index contributed by atoms with van der Waals surface area (Å²) in [6.45, 7) is 2.21. The Balaban J connectivity index is 1.25. The van der Waals surface area contributed by atoms with Crippen LogP contribution in [0.1, 0.15) is 42.1 Å². The molecule has 182 valence electrons. The van der Waals surface area contributed by atoms with E-state index in [0.717, 1.165) is 50.1 Å². The summed E-state index contributed by atoms with van der Waals surface area (Å²) >= 11 is 0. The maximum absolute atomic E-state index is 12.2. The lowest BCUT2D eigenvalue weighted by atomic mass is 9.84. The molecule has 0 unspecified atom stereocenters. The van der Waals surface area contributed by atoms with Crippen LogP contribution in [0.15, 0.2) is 78.9 Å². The number of fused-ring (bicyclic) bond motifs is 1. The molecule has 6 nitrogen and oxygen atoms in total. The molecule has 35 heavy (non-hydrogen) atoms. The average molecular weight is 472 g/mol. The summed E-state index contributed by atoms with van der Waals surface area (Å²) < 4.78 is 11.9. The number of nitrogens with zero attached hydrogens (tertiary/aromatic N) is 1. The third kappa shape index (κ3) is 5.84. The normalized spacial score (nSPS) is 22.1. The first-order valence-corrected chi connectivity index (χ1v) is 12.5. The molecule has 1 aliphatic heterocycles. The second kappa shape index (κ2) is 10.9. The Morgan fingerprint density at radius 2 is 1.74 bits per heavy atom. The monoisotopic (exact) mass is 471 g/mol. The van der Waals surface area contributed by atoms with Gasteiger partial charge in [0.25, 0.3) is 0 Å². The molecule has 3 aromatic carbocycles. The van der Waals surface area contributed by atoms with Crippen molar-refractivity contribution in [3.63, 3.8) is 0 Å². The molecule has 0 radical (unpaired) electrons. The van der Waals surface area contributed by atoms with Gasteiger partial charge in [0.2, 0.25) is 0 Å². The lowest BCUT2D eigenvalue weighted by Gasteiger charge is -2.43. The van der Waals surface area contributed by atoms with Gasteiger partial charge in [-0.2, -0.15) is 0 Å². The van der Waals surface area contributed by atoms with E-state index in [4.69, 9.17) is 15.2 Å². The molecule has 1 heterocycles. The minimum atomic E-state index is -0.481. The number of aryl methyl sites for hydroxylation is 1. The van der Waals surface area contributed by atoms with Gasteiger partial charge in [0.05, 0.1) is 6.04 Å². The van der Waals surface area contributed by atoms with E-state index >= 15 is 0 Å². The van der Waals surface area contributed by atoms with Gasteiger partial charge < -0.3 is 15.2 Å². The van der Waals surface area contributed by atoms with Crippen LogP contribution in [-0.4, -0.2) is 36.2 Å². The van der Waals surface area contributed by atoms with Crippen molar-refractivity contribution in [2.75, 3.05) is 18.4 Å². The molecule has 6 heteroatoms. The molecule has 3 N–H and O–H groups in total. The number of anilines is 1. The number of likely N-dealkylation sites (tertiary alicyclic amines) is 1. The van der Waals surface area contributed by atoms with Crippen molar-refractivity contribution in [2.24, 2.45) is 5.73 Å². The fraction of sp³-hybridized carbons (Fsp3) is 0.345. The van der Waals surface area contributed by atoms with Crippen molar-refractivity contribution in [3.05, 3.63) is 95.6 Å². The molecule has 3 aromatic rings. The maximum atomic E-state index is 12.2. The third-order valence-electron chi connectivity index (χ3n) is 6.96. The Morgan fingerprint density at radius 1 is 0.971 bits per heavy atom. The highest BCUT2D eigenvalue weighted by molar-refractivity contribution is 5.84. The van der Waals surface area contributed by atoms with Crippen LogP contribution >= 0.6 is 0 Å². The lowest BCUT2D eigenvalue weighted by Crippen LogP contribution is -2.51. The predicted octanol–water partition coefficient (Wildman–Crippen LogP) is 5.29. The number of benzene rings is 3. The number of rotatable bonds is 6. The highest BCUT2D eigenvalue weighted by Gasteiger charge is 2.36. The summed E-state index contributed by atoms with van der Waals surface area (Å²) in [5.41, 5.74) is 10.5. The Bertz CT molecular complexity index is 1120. The molecule has 0 spiro atoms. The minimum Gasteiger partial charge on any atom is -0.484 e. The predicted molar refractivity (Wildman–Crippen MR) is 137 cm³/mol. The number of amides is 1. The van der Waals surface area contributed by atoms with Crippen LogP contribution in [0.4, 0.5) is 10.5 Å². The summed E-state index contributed by atoms with van der Waals surface area (Å²) in [7, 11) is 0. The van der Waals surface area contributed by atoms with Gasteiger partial charge in [0, 0.05) is 18.3 Å². The number of carbonyl (C=O) groups is 1. The molecule has 0 bridgehead atoms. The molecule has 1 saturated heterocycles. The largest absolute Gasteiger partial charge is 0.484 e. The van der Waals surface area contributed by atoms with Crippen molar-refractivity contribution in [2.45, 2.75) is 50.5 Å². The van der Waals surface area contributed by atoms with E-state index < -0.39 is 6.09 Å². The van der Waals surface area contributed by atoms with Crippen molar-refractivity contribution in [1.82, 2.24) is 4.90 Å². The van der Waals surface area contributed by atoms with Gasteiger partial charge >= 0.3 is 6.09 Å². The summed E-state index contributed by atoms with van der Waals surface area (Å²) in [6.07, 6.45) is 3.80. The third-order valence-corrected chi connectivity index (χ3v) is 6.96. The van der Waals surface area contributed by atoms with Gasteiger partial charge in [-0.25, -0.2) is 4.79 Å². The fourth-order valence-corrected chi connectivity index (χ4v) is 5.20. The molecule has 1 fully saturated rings. The van der Waals surface area contributed by atoms with Crippen LogP contribution in [0.5, 0.6) is 5.75 Å². The number of nitrogens with two attached hydrogens (primary N) is 1. The van der Waals surface area contributed by atoms with Crippen LogP contribution in [0.25, 0.3) is 0 Å². The van der Waals surface area contributed by atoms with E-state index in [1.165, 1.54) is 11.1 Å². The van der Waals surface area contributed by atoms with Crippen LogP contribution in [-0.2, 0) is 17.8 Å². The van der Waals surface area contributed by atoms with Crippen molar-refractivity contribution < 1.29 is 14.3 Å². The highest BCUT2D eigenvalue weighted by Crippen LogP contribution is 2.37. The molecule has 0 saturated carbocycles. The van der Waals surface area contributed by atoms with Crippen LogP contribution in [0.2, 0.25) is 0 Å². The van der Waals surface area contributed by atoms with Gasteiger partial charge in [-0.05, 0) is 73.2 Å². The van der Waals surface area contributed by atoms with Gasteiger partial charge in [0.1, 0.15) is 18.5 Å². The van der Waals surface area contributed by atoms with Gasteiger partial charge in [0.15, 0.2) is 0 Å². The van der Waals surface area contributed by atoms with Crippen LogP contribution < -0.4 is 15.8 Å². The second-order valence-corrected chi connectivity index (χ2v) is 9.45. The Labute approximate surface area is 207 Å². The van der Waals surface area contributed by atoms with E-state index in [1.54, 1.807) is 0 Å². The molecule has 2 aliphatic rings. The number of ether oxygens (including phenoxy) is 2. The molecule has 5 rings (SSSR count). The van der Waals surface area contributed by atoms with E-state index in [1.807, 2.05) is 54.6 Å².